The van der Waals surface area contributed by atoms with E-state index in [9.17, 15) is 4.79 Å². The Hall–Kier alpha value is -2.09. The lowest BCUT2D eigenvalue weighted by Gasteiger charge is -2.13. The van der Waals surface area contributed by atoms with Crippen molar-refractivity contribution in [3.63, 3.8) is 0 Å². The first-order valence-electron chi connectivity index (χ1n) is 8.12. The van der Waals surface area contributed by atoms with Crippen LogP contribution in [0.25, 0.3) is 0 Å². The van der Waals surface area contributed by atoms with Gasteiger partial charge in [0.1, 0.15) is 0 Å². The third-order valence-corrected chi connectivity index (χ3v) is 3.69. The van der Waals surface area contributed by atoms with Gasteiger partial charge in [0, 0.05) is 12.7 Å². The van der Waals surface area contributed by atoms with Crippen molar-refractivity contribution in [1.82, 2.24) is 0 Å². The zero-order chi connectivity index (χ0) is 16.7. The van der Waals surface area contributed by atoms with Gasteiger partial charge >= 0.3 is 0 Å². The van der Waals surface area contributed by atoms with Crippen LogP contribution in [-0.2, 0) is 4.79 Å². The van der Waals surface area contributed by atoms with Crippen LogP contribution in [0, 0.1) is 6.92 Å². The minimum Gasteiger partial charge on any atom is -0.314 e. The normalized spacial score (nSPS) is 15.3. The molecular weight excluding hydrogens is 270 g/mol. The summed E-state index contributed by atoms with van der Waals surface area (Å²) >= 11 is 0. The van der Waals surface area contributed by atoms with Crippen LogP contribution in [0.15, 0.2) is 48.5 Å². The minimum atomic E-state index is -0.146. The van der Waals surface area contributed by atoms with Crippen LogP contribution in [0.2, 0.25) is 0 Å². The van der Waals surface area contributed by atoms with E-state index in [1.54, 1.807) is 4.90 Å². The first kappa shape index (κ1) is 18.0. The van der Waals surface area contributed by atoms with Gasteiger partial charge in [-0.05, 0) is 29.7 Å². The van der Waals surface area contributed by atoms with Crippen molar-refractivity contribution < 1.29 is 4.79 Å². The Morgan fingerprint density at radius 3 is 1.91 bits per heavy atom. The summed E-state index contributed by atoms with van der Waals surface area (Å²) in [5, 5.41) is 0. The monoisotopic (exact) mass is 297 g/mol. The number of aryl methyl sites for hydroxylation is 1. The summed E-state index contributed by atoms with van der Waals surface area (Å²) in [7, 11) is 1.85. The Balaban J connectivity index is 0.000000561. The molecule has 0 aliphatic carbocycles. The van der Waals surface area contributed by atoms with Crippen molar-refractivity contribution in [2.45, 2.75) is 40.5 Å². The van der Waals surface area contributed by atoms with Gasteiger partial charge in [0.15, 0.2) is 0 Å². The Kier molecular flexibility index (Phi) is 6.84. The molecule has 1 aliphatic rings. The number of hydrogen-bond donors (Lipinski definition) is 0. The second kappa shape index (κ2) is 8.38. The van der Waals surface area contributed by atoms with Crippen LogP contribution in [0.5, 0.6) is 0 Å². The maximum atomic E-state index is 12.4. The van der Waals surface area contributed by atoms with E-state index in [0.717, 1.165) is 16.8 Å². The smallest absolute Gasteiger partial charge is 0.238 e. The second-order valence-corrected chi connectivity index (χ2v) is 4.75. The number of hydrogen-bond acceptors (Lipinski definition) is 1. The topological polar surface area (TPSA) is 20.3 Å². The number of amides is 1. The maximum absolute atomic E-state index is 12.4. The van der Waals surface area contributed by atoms with Gasteiger partial charge in [0.05, 0.1) is 5.92 Å². The number of rotatable bonds is 1. The van der Waals surface area contributed by atoms with E-state index in [1.165, 1.54) is 5.56 Å². The van der Waals surface area contributed by atoms with Crippen molar-refractivity contribution in [3.8, 4) is 0 Å². The van der Waals surface area contributed by atoms with E-state index >= 15 is 0 Å². The standard InChI is InChI=1S/C16H15NO.2C2H6/c1-11-7-3-4-8-12(11)15-13-9-5-6-10-14(13)17(2)16(15)18;2*1-2/h3-10,15H,1-2H3;2*1-2H3. The van der Waals surface area contributed by atoms with Crippen molar-refractivity contribution in [3.05, 3.63) is 65.2 Å². The molecule has 118 valence electrons. The quantitative estimate of drug-likeness (QED) is 0.712. The average molecular weight is 297 g/mol. The fraction of sp³-hybridized carbons (Fsp3) is 0.350. The fourth-order valence-electron chi connectivity index (χ4n) is 2.69. The number of anilines is 1. The van der Waals surface area contributed by atoms with E-state index < -0.39 is 0 Å². The summed E-state index contributed by atoms with van der Waals surface area (Å²) in [6.45, 7) is 10.1. The highest BCUT2D eigenvalue weighted by Gasteiger charge is 2.36. The number of fused-ring (bicyclic) bond motifs is 1. The molecule has 2 aromatic rings. The lowest BCUT2D eigenvalue weighted by molar-refractivity contribution is -0.118. The van der Waals surface area contributed by atoms with Crippen molar-refractivity contribution in [1.29, 1.82) is 0 Å². The summed E-state index contributed by atoms with van der Waals surface area (Å²) in [6, 6.07) is 16.1. The summed E-state index contributed by atoms with van der Waals surface area (Å²) in [5.74, 6) is 0.0119. The van der Waals surface area contributed by atoms with E-state index in [1.807, 2.05) is 77.2 Å². The number of para-hydroxylation sites is 1. The number of nitrogens with zero attached hydrogens (tertiary/aromatic N) is 1. The van der Waals surface area contributed by atoms with Gasteiger partial charge in [-0.25, -0.2) is 0 Å². The van der Waals surface area contributed by atoms with E-state index in [-0.39, 0.29) is 11.8 Å². The molecule has 2 heteroatoms. The zero-order valence-corrected chi connectivity index (χ0v) is 14.6. The highest BCUT2D eigenvalue weighted by atomic mass is 16.2. The molecule has 0 radical (unpaired) electrons. The molecule has 1 atom stereocenters. The highest BCUT2D eigenvalue weighted by Crippen LogP contribution is 2.40. The Morgan fingerprint density at radius 2 is 1.32 bits per heavy atom. The van der Waals surface area contributed by atoms with Gasteiger partial charge in [0.25, 0.3) is 0 Å². The number of carbonyl (C=O) groups excluding carboxylic acids is 1. The number of likely N-dealkylation sites (N-methyl/N-ethyl adjacent to an activating group) is 1. The average Bonchev–Trinajstić information content (AvgIpc) is 2.84. The Labute approximate surface area is 134 Å². The molecule has 0 fully saturated rings. The van der Waals surface area contributed by atoms with Gasteiger partial charge in [-0.15, -0.1) is 0 Å². The van der Waals surface area contributed by atoms with E-state index in [4.69, 9.17) is 0 Å². The minimum absolute atomic E-state index is 0.146. The lowest BCUT2D eigenvalue weighted by Crippen LogP contribution is -2.24. The molecule has 0 aromatic heterocycles. The molecule has 0 N–H and O–H groups in total. The molecule has 2 nitrogen and oxygen atoms in total. The predicted molar refractivity (Wildman–Crippen MR) is 95.6 cm³/mol. The summed E-state index contributed by atoms with van der Waals surface area (Å²) in [6.07, 6.45) is 0. The number of carbonyl (C=O) groups is 1. The first-order chi connectivity index (χ1) is 10.7. The Bertz CT molecular complexity index is 619. The van der Waals surface area contributed by atoms with E-state index in [2.05, 4.69) is 13.0 Å². The van der Waals surface area contributed by atoms with Crippen molar-refractivity contribution >= 4 is 11.6 Å². The molecule has 0 spiro atoms. The van der Waals surface area contributed by atoms with Crippen molar-refractivity contribution in [2.24, 2.45) is 0 Å². The molecule has 1 aliphatic heterocycles. The van der Waals surface area contributed by atoms with Crippen LogP contribution in [0.4, 0.5) is 5.69 Å². The van der Waals surface area contributed by atoms with Crippen molar-refractivity contribution in [2.75, 3.05) is 11.9 Å². The second-order valence-electron chi connectivity index (χ2n) is 4.75. The third-order valence-electron chi connectivity index (χ3n) is 3.69. The largest absolute Gasteiger partial charge is 0.314 e. The predicted octanol–water partition coefficient (Wildman–Crippen LogP) is 5.16. The van der Waals surface area contributed by atoms with Gasteiger partial charge in [-0.2, -0.15) is 0 Å². The summed E-state index contributed by atoms with van der Waals surface area (Å²) < 4.78 is 0. The third kappa shape index (κ3) is 3.22. The Morgan fingerprint density at radius 1 is 0.818 bits per heavy atom. The fourth-order valence-corrected chi connectivity index (χ4v) is 2.69. The molecule has 2 aromatic carbocycles. The van der Waals surface area contributed by atoms with Gasteiger partial charge in [-0.3, -0.25) is 4.79 Å². The molecule has 1 amide bonds. The molecular formula is C20H27NO. The molecule has 22 heavy (non-hydrogen) atoms. The highest BCUT2D eigenvalue weighted by molar-refractivity contribution is 6.06. The SMILES string of the molecule is CC.CC.Cc1ccccc1C1C(=O)N(C)c2ccccc21. The molecule has 0 saturated heterocycles. The van der Waals surface area contributed by atoms with Gasteiger partial charge in [-0.1, -0.05) is 70.2 Å². The molecule has 3 rings (SSSR count). The molecule has 1 heterocycles. The molecule has 0 saturated carbocycles. The zero-order valence-electron chi connectivity index (χ0n) is 14.6. The van der Waals surface area contributed by atoms with Crippen LogP contribution >= 0.6 is 0 Å². The lowest BCUT2D eigenvalue weighted by atomic mass is 9.90. The van der Waals surface area contributed by atoms with E-state index in [0.29, 0.717) is 0 Å². The van der Waals surface area contributed by atoms with Gasteiger partial charge < -0.3 is 4.90 Å². The summed E-state index contributed by atoms with van der Waals surface area (Å²) in [5.41, 5.74) is 4.41. The maximum Gasteiger partial charge on any atom is 0.238 e. The van der Waals surface area contributed by atoms with Crippen LogP contribution < -0.4 is 4.90 Å². The number of benzene rings is 2. The van der Waals surface area contributed by atoms with Crippen LogP contribution in [-0.4, -0.2) is 13.0 Å². The van der Waals surface area contributed by atoms with Crippen LogP contribution in [0.3, 0.4) is 0 Å². The van der Waals surface area contributed by atoms with Gasteiger partial charge in [0.2, 0.25) is 5.91 Å². The molecule has 1 unspecified atom stereocenters. The van der Waals surface area contributed by atoms with Crippen LogP contribution in [0.1, 0.15) is 50.3 Å². The molecule has 0 bridgehead atoms. The first-order valence-corrected chi connectivity index (χ1v) is 8.12. The summed E-state index contributed by atoms with van der Waals surface area (Å²) in [4.78, 5) is 14.2.